The normalized spacial score (nSPS) is 26.1. The molecular weight excluding hydrogens is 406 g/mol. The van der Waals surface area contributed by atoms with Gasteiger partial charge in [0.2, 0.25) is 0 Å². The summed E-state index contributed by atoms with van der Waals surface area (Å²) in [5.41, 5.74) is 7.00. The second-order valence-corrected chi connectivity index (χ2v) is 11.2. The molecule has 0 amide bonds. The molecule has 0 saturated carbocycles. The van der Waals surface area contributed by atoms with E-state index in [2.05, 4.69) is 97.4 Å². The third-order valence-electron chi connectivity index (χ3n) is 7.79. The highest BCUT2D eigenvalue weighted by Gasteiger charge is 2.45. The van der Waals surface area contributed by atoms with Crippen molar-refractivity contribution in [1.82, 2.24) is 4.57 Å². The number of hydrogen-bond acceptors (Lipinski definition) is 1. The summed E-state index contributed by atoms with van der Waals surface area (Å²) in [5, 5.41) is 0. The molecule has 1 nitrogen and oxygen atoms in total. The van der Waals surface area contributed by atoms with Crippen LogP contribution in [-0.4, -0.2) is 4.57 Å². The van der Waals surface area contributed by atoms with E-state index < -0.39 is 0 Å². The molecule has 4 heterocycles. The lowest BCUT2D eigenvalue weighted by atomic mass is 9.65. The zero-order chi connectivity index (χ0) is 21.7. The third kappa shape index (κ3) is 3.49. The summed E-state index contributed by atoms with van der Waals surface area (Å²) in [6.45, 7) is 4.57. The van der Waals surface area contributed by atoms with Crippen molar-refractivity contribution in [3.05, 3.63) is 101 Å². The molecule has 3 aromatic rings. The van der Waals surface area contributed by atoms with E-state index in [0.717, 1.165) is 0 Å². The summed E-state index contributed by atoms with van der Waals surface area (Å²) in [6, 6.07) is 23.2. The van der Waals surface area contributed by atoms with Crippen LogP contribution in [0, 0.1) is 18.3 Å². The largest absolute Gasteiger partial charge is 0.348 e. The van der Waals surface area contributed by atoms with Crippen LogP contribution in [0.1, 0.15) is 55.5 Å². The summed E-state index contributed by atoms with van der Waals surface area (Å²) in [7, 11) is 0. The van der Waals surface area contributed by atoms with Crippen molar-refractivity contribution in [2.75, 3.05) is 0 Å². The lowest BCUT2D eigenvalue weighted by Crippen LogP contribution is -2.36. The van der Waals surface area contributed by atoms with Crippen LogP contribution in [0.25, 0.3) is 16.0 Å². The number of hydrogen-bond donors (Lipinski definition) is 0. The molecule has 2 heteroatoms. The number of thioether (sulfide) groups is 1. The number of rotatable bonds is 5. The monoisotopic (exact) mass is 437 g/mol. The van der Waals surface area contributed by atoms with Gasteiger partial charge in [0.25, 0.3) is 0 Å². The van der Waals surface area contributed by atoms with E-state index >= 15 is 0 Å². The third-order valence-corrected chi connectivity index (χ3v) is 9.00. The first-order valence-electron chi connectivity index (χ1n) is 12.1. The van der Waals surface area contributed by atoms with Crippen molar-refractivity contribution in [3.63, 3.8) is 0 Å². The Labute approximate surface area is 196 Å². The Kier molecular flexibility index (Phi) is 4.95. The smallest absolute Gasteiger partial charge is 0.0333 e. The lowest BCUT2D eigenvalue weighted by Gasteiger charge is -2.48. The molecule has 2 aromatic carbocycles. The Morgan fingerprint density at radius 3 is 2.38 bits per heavy atom. The molecule has 0 saturated heterocycles. The van der Waals surface area contributed by atoms with Crippen molar-refractivity contribution >= 4 is 16.7 Å². The highest BCUT2D eigenvalue weighted by Crippen LogP contribution is 2.61. The standard InChI is InChI=1S/C30H31NS/c1-21-8-10-22(11-9-21)23-12-14-24(15-13-23)28-19-30(2)20-29(32-28)27(30)17-16-26-6-3-5-25-7-4-18-31(25)26/h4,7-15,18-20,26-27H,3,5-6,16-17H2,1-2H3. The van der Waals surface area contributed by atoms with Crippen LogP contribution in [0.2, 0.25) is 0 Å². The van der Waals surface area contributed by atoms with Crippen LogP contribution >= 0.6 is 11.8 Å². The minimum absolute atomic E-state index is 0.222. The molecule has 3 aliphatic heterocycles. The molecule has 2 bridgehead atoms. The van der Waals surface area contributed by atoms with Gasteiger partial charge in [-0.2, -0.15) is 0 Å². The minimum Gasteiger partial charge on any atom is -0.348 e. The fourth-order valence-corrected chi connectivity index (χ4v) is 7.51. The Morgan fingerprint density at radius 2 is 1.62 bits per heavy atom. The van der Waals surface area contributed by atoms with Crippen molar-refractivity contribution < 1.29 is 0 Å². The summed E-state index contributed by atoms with van der Waals surface area (Å²) < 4.78 is 2.55. The molecular formula is C30H31NS. The van der Waals surface area contributed by atoms with Gasteiger partial charge in [0.05, 0.1) is 0 Å². The number of aromatic nitrogens is 1. The quantitative estimate of drug-likeness (QED) is 0.388. The van der Waals surface area contributed by atoms with Crippen LogP contribution in [0.5, 0.6) is 0 Å². The molecule has 3 atom stereocenters. The average Bonchev–Trinajstić information content (AvgIpc) is 3.29. The molecule has 0 radical (unpaired) electrons. The molecule has 1 aromatic heterocycles. The molecule has 0 spiro atoms. The fourth-order valence-electron chi connectivity index (χ4n) is 5.87. The zero-order valence-electron chi connectivity index (χ0n) is 19.1. The van der Waals surface area contributed by atoms with Gasteiger partial charge in [-0.15, -0.1) is 0 Å². The van der Waals surface area contributed by atoms with Gasteiger partial charge in [0.15, 0.2) is 0 Å². The number of aryl methyl sites for hydroxylation is 2. The van der Waals surface area contributed by atoms with E-state index in [0.29, 0.717) is 12.0 Å². The maximum atomic E-state index is 2.55. The minimum atomic E-state index is 0.222. The van der Waals surface area contributed by atoms with Gasteiger partial charge in [-0.25, -0.2) is 0 Å². The molecule has 4 aliphatic rings. The Balaban J connectivity index is 1.15. The first kappa shape index (κ1) is 20.2. The van der Waals surface area contributed by atoms with Gasteiger partial charge < -0.3 is 4.57 Å². The van der Waals surface area contributed by atoms with E-state index in [4.69, 9.17) is 0 Å². The molecule has 0 fully saturated rings. The van der Waals surface area contributed by atoms with Crippen molar-refractivity contribution in [1.29, 1.82) is 0 Å². The van der Waals surface area contributed by atoms with Gasteiger partial charge in [-0.05, 0) is 72.8 Å². The summed E-state index contributed by atoms with van der Waals surface area (Å²) in [5.74, 6) is 0.698. The summed E-state index contributed by atoms with van der Waals surface area (Å²) in [6.07, 6.45) is 13.9. The van der Waals surface area contributed by atoms with Crippen molar-refractivity contribution in [2.24, 2.45) is 11.3 Å². The first-order valence-corrected chi connectivity index (χ1v) is 12.9. The predicted octanol–water partition coefficient (Wildman–Crippen LogP) is 8.43. The van der Waals surface area contributed by atoms with E-state index in [-0.39, 0.29) is 5.41 Å². The summed E-state index contributed by atoms with van der Waals surface area (Å²) >= 11 is 2.00. The van der Waals surface area contributed by atoms with Gasteiger partial charge in [-0.1, -0.05) is 84.9 Å². The Bertz CT molecular complexity index is 1190. The first-order chi connectivity index (χ1) is 15.6. The van der Waals surface area contributed by atoms with E-state index in [1.807, 2.05) is 11.8 Å². The predicted molar refractivity (Wildman–Crippen MR) is 138 cm³/mol. The topological polar surface area (TPSA) is 4.93 Å². The second kappa shape index (κ2) is 7.85. The molecule has 3 unspecified atom stereocenters. The molecule has 0 N–H and O–H groups in total. The van der Waals surface area contributed by atoms with Crippen LogP contribution in [0.3, 0.4) is 0 Å². The highest BCUT2D eigenvalue weighted by molar-refractivity contribution is 8.12. The Hall–Kier alpha value is -2.45. The maximum Gasteiger partial charge on any atom is 0.0333 e. The number of fused-ring (bicyclic) bond motifs is 2. The van der Waals surface area contributed by atoms with Gasteiger partial charge >= 0.3 is 0 Å². The van der Waals surface area contributed by atoms with E-state index in [1.165, 1.54) is 65.0 Å². The highest BCUT2D eigenvalue weighted by atomic mass is 32.2. The molecule has 7 rings (SSSR count). The van der Waals surface area contributed by atoms with Crippen LogP contribution in [-0.2, 0) is 6.42 Å². The van der Waals surface area contributed by atoms with Gasteiger partial charge in [0, 0.05) is 34.2 Å². The molecule has 162 valence electrons. The molecule has 32 heavy (non-hydrogen) atoms. The second-order valence-electron chi connectivity index (χ2n) is 10.0. The van der Waals surface area contributed by atoms with E-state index in [1.54, 1.807) is 4.91 Å². The maximum absolute atomic E-state index is 2.55. The van der Waals surface area contributed by atoms with Crippen LogP contribution < -0.4 is 0 Å². The average molecular weight is 438 g/mol. The molecule has 1 aliphatic carbocycles. The van der Waals surface area contributed by atoms with Gasteiger partial charge in [-0.3, -0.25) is 0 Å². The van der Waals surface area contributed by atoms with E-state index in [9.17, 15) is 0 Å². The Morgan fingerprint density at radius 1 is 0.906 bits per heavy atom. The number of nitrogens with zero attached hydrogens (tertiary/aromatic N) is 1. The number of benzene rings is 2. The van der Waals surface area contributed by atoms with Crippen LogP contribution in [0.15, 0.2) is 83.9 Å². The lowest BCUT2D eigenvalue weighted by molar-refractivity contribution is 0.273. The van der Waals surface area contributed by atoms with Gasteiger partial charge in [0.1, 0.15) is 0 Å². The zero-order valence-corrected chi connectivity index (χ0v) is 19.9. The SMILES string of the molecule is Cc1ccc(-c2ccc(C3=CC4(C)C=C(S3)C4CCC3CCCc4cccn43)cc2)cc1. The van der Waals surface area contributed by atoms with Crippen molar-refractivity contribution in [2.45, 2.75) is 52.0 Å². The van der Waals surface area contributed by atoms with Crippen molar-refractivity contribution in [3.8, 4) is 11.1 Å². The van der Waals surface area contributed by atoms with Crippen LogP contribution in [0.4, 0.5) is 0 Å². The number of allylic oxidation sites excluding steroid dienone is 3. The fraction of sp³-hybridized carbons (Fsp3) is 0.333. The summed E-state index contributed by atoms with van der Waals surface area (Å²) in [4.78, 5) is 3.03.